The molecule has 1 fully saturated rings. The zero-order valence-corrected chi connectivity index (χ0v) is 18.3. The summed E-state index contributed by atoms with van der Waals surface area (Å²) in [5.41, 5.74) is 1.09. The van der Waals surface area contributed by atoms with Gasteiger partial charge in [0.25, 0.3) is 5.91 Å². The summed E-state index contributed by atoms with van der Waals surface area (Å²) in [6.45, 7) is 1.10. The summed E-state index contributed by atoms with van der Waals surface area (Å²) in [5.74, 6) is -0.0853. The van der Waals surface area contributed by atoms with Crippen molar-refractivity contribution in [2.45, 2.75) is 22.6 Å². The lowest BCUT2D eigenvalue weighted by Gasteiger charge is -2.22. The summed E-state index contributed by atoms with van der Waals surface area (Å²) in [6.07, 6.45) is 0.914. The van der Waals surface area contributed by atoms with Gasteiger partial charge in [0, 0.05) is 48.8 Å². The number of hydrogen-bond donors (Lipinski definition) is 1. The van der Waals surface area contributed by atoms with Crippen molar-refractivity contribution in [3.63, 3.8) is 0 Å². The number of rotatable bonds is 3. The maximum atomic E-state index is 13.2. The SMILES string of the molecule is O=C1CCSc2ccc(C(=O)N3CCCN(S(=O)(=O)c4ccc(F)cc4)CC3)cc2N1. The Morgan fingerprint density at radius 3 is 2.58 bits per heavy atom. The molecule has 0 atom stereocenters. The van der Waals surface area contributed by atoms with Crippen molar-refractivity contribution in [3.05, 3.63) is 53.8 Å². The van der Waals surface area contributed by atoms with E-state index in [1.54, 1.807) is 28.8 Å². The van der Waals surface area contributed by atoms with Gasteiger partial charge in [0.15, 0.2) is 0 Å². The Labute approximate surface area is 184 Å². The van der Waals surface area contributed by atoms with Crippen molar-refractivity contribution < 1.29 is 22.4 Å². The topological polar surface area (TPSA) is 86.8 Å². The van der Waals surface area contributed by atoms with Crippen LogP contribution in [0.25, 0.3) is 0 Å². The van der Waals surface area contributed by atoms with Crippen LogP contribution in [-0.4, -0.2) is 61.4 Å². The first-order chi connectivity index (χ1) is 14.8. The summed E-state index contributed by atoms with van der Waals surface area (Å²) < 4.78 is 40.2. The Bertz CT molecular complexity index is 1110. The van der Waals surface area contributed by atoms with Gasteiger partial charge in [-0.3, -0.25) is 9.59 Å². The lowest BCUT2D eigenvalue weighted by molar-refractivity contribution is -0.115. The molecular weight excluding hydrogens is 441 g/mol. The molecule has 0 bridgehead atoms. The number of nitrogens with zero attached hydrogens (tertiary/aromatic N) is 2. The molecule has 7 nitrogen and oxygen atoms in total. The predicted molar refractivity (Wildman–Crippen MR) is 116 cm³/mol. The molecule has 2 amide bonds. The van der Waals surface area contributed by atoms with Crippen molar-refractivity contribution in [1.29, 1.82) is 0 Å². The van der Waals surface area contributed by atoms with Crippen molar-refractivity contribution >= 4 is 39.3 Å². The highest BCUT2D eigenvalue weighted by molar-refractivity contribution is 7.99. The van der Waals surface area contributed by atoms with Crippen molar-refractivity contribution in [1.82, 2.24) is 9.21 Å². The number of amides is 2. The van der Waals surface area contributed by atoms with Crippen LogP contribution in [0, 0.1) is 5.82 Å². The van der Waals surface area contributed by atoms with Gasteiger partial charge in [-0.2, -0.15) is 4.31 Å². The molecule has 0 aromatic heterocycles. The third-order valence-corrected chi connectivity index (χ3v) is 8.27. The van der Waals surface area contributed by atoms with E-state index in [2.05, 4.69) is 5.32 Å². The summed E-state index contributed by atoms with van der Waals surface area (Å²) in [6, 6.07) is 10.0. The third-order valence-electron chi connectivity index (χ3n) is 5.28. The van der Waals surface area contributed by atoms with E-state index in [0.29, 0.717) is 36.4 Å². The van der Waals surface area contributed by atoms with Crippen molar-refractivity contribution in [2.24, 2.45) is 0 Å². The number of carbonyl (C=O) groups is 2. The van der Waals surface area contributed by atoms with Crippen LogP contribution >= 0.6 is 11.8 Å². The standard InChI is InChI=1S/C21H22FN3O4S2/c22-16-3-5-17(6-4-16)31(28,29)25-10-1-9-24(11-12-25)21(27)15-2-7-19-18(14-15)23-20(26)8-13-30-19/h2-7,14H,1,8-13H2,(H,23,26). The number of nitrogens with one attached hydrogen (secondary N) is 1. The first kappa shape index (κ1) is 21.8. The van der Waals surface area contributed by atoms with Crippen LogP contribution in [-0.2, 0) is 14.8 Å². The van der Waals surface area contributed by atoms with Crippen LogP contribution in [0.2, 0.25) is 0 Å². The Morgan fingerprint density at radius 1 is 1.03 bits per heavy atom. The van der Waals surface area contributed by atoms with E-state index in [1.807, 2.05) is 6.07 Å². The maximum Gasteiger partial charge on any atom is 0.253 e. The third kappa shape index (κ3) is 4.76. The zero-order chi connectivity index (χ0) is 22.0. The lowest BCUT2D eigenvalue weighted by Crippen LogP contribution is -2.37. The monoisotopic (exact) mass is 463 g/mol. The molecule has 0 spiro atoms. The summed E-state index contributed by atoms with van der Waals surface area (Å²) in [4.78, 5) is 27.5. The zero-order valence-electron chi connectivity index (χ0n) is 16.7. The average Bonchev–Trinajstić information content (AvgIpc) is 3.11. The van der Waals surface area contributed by atoms with E-state index in [9.17, 15) is 22.4 Å². The molecule has 0 aliphatic carbocycles. The summed E-state index contributed by atoms with van der Waals surface area (Å²) in [5, 5.41) is 2.84. The Kier molecular flexibility index (Phi) is 6.31. The van der Waals surface area contributed by atoms with E-state index in [4.69, 9.17) is 0 Å². The number of hydrogen-bond acceptors (Lipinski definition) is 5. The minimum Gasteiger partial charge on any atom is -0.337 e. The molecule has 2 aromatic rings. The van der Waals surface area contributed by atoms with E-state index in [0.717, 1.165) is 17.0 Å². The van der Waals surface area contributed by atoms with E-state index in [-0.39, 0.29) is 36.3 Å². The number of thioether (sulfide) groups is 1. The second-order valence-corrected chi connectivity index (χ2v) is 10.4. The van der Waals surface area contributed by atoms with Crippen molar-refractivity contribution in [2.75, 3.05) is 37.2 Å². The van der Waals surface area contributed by atoms with Gasteiger partial charge in [0.2, 0.25) is 15.9 Å². The number of halogens is 1. The fourth-order valence-corrected chi connectivity index (χ4v) is 6.04. The van der Waals surface area contributed by atoms with Crippen molar-refractivity contribution in [3.8, 4) is 0 Å². The van der Waals surface area contributed by atoms with Gasteiger partial charge in [0.1, 0.15) is 5.82 Å². The molecular formula is C21H22FN3O4S2. The van der Waals surface area contributed by atoms with Crippen LogP contribution in [0.4, 0.5) is 10.1 Å². The van der Waals surface area contributed by atoms with Crippen LogP contribution < -0.4 is 5.32 Å². The number of sulfonamides is 1. The molecule has 0 unspecified atom stereocenters. The average molecular weight is 464 g/mol. The van der Waals surface area contributed by atoms with Crippen LogP contribution in [0.15, 0.2) is 52.3 Å². The molecule has 2 aliphatic heterocycles. The molecule has 1 N–H and O–H groups in total. The molecule has 10 heteroatoms. The van der Waals surface area contributed by atoms with Gasteiger partial charge in [-0.15, -0.1) is 11.8 Å². The largest absolute Gasteiger partial charge is 0.337 e. The van der Waals surface area contributed by atoms with Gasteiger partial charge < -0.3 is 10.2 Å². The van der Waals surface area contributed by atoms with E-state index >= 15 is 0 Å². The molecule has 31 heavy (non-hydrogen) atoms. The molecule has 0 saturated carbocycles. The summed E-state index contributed by atoms with van der Waals surface area (Å²) in [7, 11) is -3.76. The van der Waals surface area contributed by atoms with Gasteiger partial charge >= 0.3 is 0 Å². The summed E-state index contributed by atoms with van der Waals surface area (Å²) >= 11 is 1.57. The van der Waals surface area contributed by atoms with Crippen LogP contribution in [0.3, 0.4) is 0 Å². The number of fused-ring (bicyclic) bond motifs is 1. The van der Waals surface area contributed by atoms with Gasteiger partial charge in [-0.25, -0.2) is 12.8 Å². The fourth-order valence-electron chi connectivity index (χ4n) is 3.63. The smallest absolute Gasteiger partial charge is 0.253 e. The molecule has 2 aromatic carbocycles. The molecule has 2 aliphatic rings. The van der Waals surface area contributed by atoms with Crippen LogP contribution in [0.5, 0.6) is 0 Å². The van der Waals surface area contributed by atoms with Crippen LogP contribution in [0.1, 0.15) is 23.2 Å². The Hall–Kier alpha value is -2.43. The highest BCUT2D eigenvalue weighted by Crippen LogP contribution is 2.32. The molecule has 4 rings (SSSR count). The minimum absolute atomic E-state index is 0.0349. The molecule has 2 heterocycles. The quantitative estimate of drug-likeness (QED) is 0.757. The first-order valence-corrected chi connectivity index (χ1v) is 12.4. The molecule has 0 radical (unpaired) electrons. The van der Waals surface area contributed by atoms with Gasteiger partial charge in [0.05, 0.1) is 10.6 Å². The number of carbonyl (C=O) groups excluding carboxylic acids is 2. The maximum absolute atomic E-state index is 13.2. The minimum atomic E-state index is -3.76. The highest BCUT2D eigenvalue weighted by atomic mass is 32.2. The second-order valence-electron chi connectivity index (χ2n) is 7.36. The Balaban J connectivity index is 1.48. The lowest BCUT2D eigenvalue weighted by atomic mass is 10.1. The van der Waals surface area contributed by atoms with E-state index in [1.165, 1.54) is 16.4 Å². The normalized spacial score (nSPS) is 18.0. The molecule has 164 valence electrons. The molecule has 1 saturated heterocycles. The number of benzene rings is 2. The van der Waals surface area contributed by atoms with E-state index < -0.39 is 15.8 Å². The Morgan fingerprint density at radius 2 is 1.81 bits per heavy atom. The highest BCUT2D eigenvalue weighted by Gasteiger charge is 2.29. The fraction of sp³-hybridized carbons (Fsp3) is 0.333. The second kappa shape index (κ2) is 8.97. The predicted octanol–water partition coefficient (Wildman–Crippen LogP) is 2.80. The number of anilines is 1. The first-order valence-electron chi connectivity index (χ1n) is 9.96. The van der Waals surface area contributed by atoms with Gasteiger partial charge in [-0.05, 0) is 48.9 Å². The van der Waals surface area contributed by atoms with Gasteiger partial charge in [-0.1, -0.05) is 0 Å².